The second-order valence-corrected chi connectivity index (χ2v) is 8.32. The van der Waals surface area contributed by atoms with Crippen molar-refractivity contribution in [3.05, 3.63) is 60.3 Å². The van der Waals surface area contributed by atoms with Crippen molar-refractivity contribution in [1.82, 2.24) is 31.9 Å². The molecule has 6 N–H and O–H groups in total. The Hall–Kier alpha value is -3.66. The number of fused-ring (bicyclic) bond motifs is 1. The van der Waals surface area contributed by atoms with Crippen LogP contribution in [0.4, 0.5) is 4.79 Å². The molecule has 0 aromatic heterocycles. The number of amides is 5. The third-order valence-corrected chi connectivity index (χ3v) is 5.61. The summed E-state index contributed by atoms with van der Waals surface area (Å²) in [5.74, 6) is -1.12. The summed E-state index contributed by atoms with van der Waals surface area (Å²) in [6.45, 7) is 2.14. The van der Waals surface area contributed by atoms with Crippen molar-refractivity contribution in [3.63, 3.8) is 0 Å². The minimum atomic E-state index is -0.934. The Labute approximate surface area is 199 Å². The van der Waals surface area contributed by atoms with Crippen molar-refractivity contribution in [1.29, 1.82) is 0 Å². The molecule has 0 saturated heterocycles. The highest BCUT2D eigenvalue weighted by Gasteiger charge is 2.31. The van der Waals surface area contributed by atoms with Crippen LogP contribution in [0.3, 0.4) is 0 Å². The largest absolute Gasteiger partial charge is 0.352 e. The van der Waals surface area contributed by atoms with E-state index in [0.29, 0.717) is 19.4 Å². The number of carbonyl (C=O) groups excluding carboxylic acids is 4. The van der Waals surface area contributed by atoms with Gasteiger partial charge in [0.2, 0.25) is 17.7 Å². The second-order valence-electron chi connectivity index (χ2n) is 8.32. The highest BCUT2D eigenvalue weighted by molar-refractivity contribution is 5.93. The molecule has 3 aliphatic rings. The van der Waals surface area contributed by atoms with E-state index >= 15 is 0 Å². The van der Waals surface area contributed by atoms with Crippen LogP contribution >= 0.6 is 0 Å². The van der Waals surface area contributed by atoms with Gasteiger partial charge < -0.3 is 31.9 Å². The lowest BCUT2D eigenvalue weighted by Gasteiger charge is -2.24. The molecule has 10 heteroatoms. The number of urea groups is 1. The van der Waals surface area contributed by atoms with Gasteiger partial charge in [0.05, 0.1) is 6.04 Å². The van der Waals surface area contributed by atoms with Gasteiger partial charge in [-0.3, -0.25) is 14.4 Å². The van der Waals surface area contributed by atoms with Gasteiger partial charge in [0.15, 0.2) is 0 Å². The Morgan fingerprint density at radius 2 is 1.97 bits per heavy atom. The molecule has 5 amide bonds. The van der Waals surface area contributed by atoms with Crippen LogP contribution in [0.5, 0.6) is 0 Å². The molecule has 3 rings (SSSR count). The van der Waals surface area contributed by atoms with E-state index in [9.17, 15) is 19.2 Å². The Kier molecular flexibility index (Phi) is 8.80. The number of rotatable bonds is 5. The van der Waals surface area contributed by atoms with Gasteiger partial charge in [-0.25, -0.2) is 4.79 Å². The zero-order valence-corrected chi connectivity index (χ0v) is 19.3. The lowest BCUT2D eigenvalue weighted by atomic mass is 10.0. The van der Waals surface area contributed by atoms with E-state index in [0.717, 1.165) is 5.57 Å². The first-order chi connectivity index (χ1) is 16.4. The fraction of sp³-hybridized carbons (Fsp3) is 0.417. The van der Waals surface area contributed by atoms with E-state index in [2.05, 4.69) is 31.9 Å². The standard InChI is InChI=1S/C24H32N6O4/c1-15-10-11-21(31)26-12-6-5-9-19(22(32)27-15)29-23(33)20(30-24(34)25-2)14-17-13-16-7-3-4-8-18(16)28-17/h3-5,7-11,13,15,17-20,28H,6,12,14H2,1-2H3,(H,26,31)(H,27,32)(H,29,33)(H2,25,30,34). The van der Waals surface area contributed by atoms with Gasteiger partial charge in [-0.2, -0.15) is 0 Å². The molecule has 2 aliphatic heterocycles. The molecule has 0 fully saturated rings. The van der Waals surface area contributed by atoms with Gasteiger partial charge in [-0.05, 0) is 25.3 Å². The van der Waals surface area contributed by atoms with E-state index in [-0.39, 0.29) is 18.0 Å². The predicted octanol–water partition coefficient (Wildman–Crippen LogP) is -0.311. The number of hydrogen-bond donors (Lipinski definition) is 6. The zero-order valence-electron chi connectivity index (χ0n) is 19.3. The van der Waals surface area contributed by atoms with Crippen LogP contribution in [0.15, 0.2) is 60.3 Å². The minimum Gasteiger partial charge on any atom is -0.352 e. The first kappa shape index (κ1) is 25.0. The molecule has 34 heavy (non-hydrogen) atoms. The van der Waals surface area contributed by atoms with Crippen molar-refractivity contribution in [2.24, 2.45) is 0 Å². The maximum Gasteiger partial charge on any atom is 0.315 e. The molecular weight excluding hydrogens is 436 g/mol. The molecule has 182 valence electrons. The van der Waals surface area contributed by atoms with E-state index in [1.807, 2.05) is 30.4 Å². The van der Waals surface area contributed by atoms with Crippen LogP contribution in [-0.4, -0.2) is 67.6 Å². The molecule has 0 aromatic carbocycles. The Bertz CT molecular complexity index is 951. The van der Waals surface area contributed by atoms with E-state index in [1.165, 1.54) is 13.1 Å². The fourth-order valence-corrected chi connectivity index (χ4v) is 3.85. The van der Waals surface area contributed by atoms with E-state index in [4.69, 9.17) is 0 Å². The van der Waals surface area contributed by atoms with Gasteiger partial charge in [0, 0.05) is 31.8 Å². The lowest BCUT2D eigenvalue weighted by Crippen LogP contribution is -2.56. The minimum absolute atomic E-state index is 0.0776. The van der Waals surface area contributed by atoms with Crippen LogP contribution in [0.2, 0.25) is 0 Å². The Morgan fingerprint density at radius 3 is 2.74 bits per heavy atom. The number of allylic oxidation sites excluding steroid dienone is 2. The highest BCUT2D eigenvalue weighted by atomic mass is 16.2. The van der Waals surface area contributed by atoms with Crippen molar-refractivity contribution < 1.29 is 19.2 Å². The third kappa shape index (κ3) is 7.17. The molecule has 5 atom stereocenters. The van der Waals surface area contributed by atoms with Gasteiger partial charge in [-0.1, -0.05) is 48.6 Å². The van der Waals surface area contributed by atoms with Gasteiger partial charge in [0.1, 0.15) is 12.1 Å². The average Bonchev–Trinajstić information content (AvgIpc) is 3.22. The van der Waals surface area contributed by atoms with E-state index in [1.54, 1.807) is 25.2 Å². The smallest absolute Gasteiger partial charge is 0.315 e. The van der Waals surface area contributed by atoms with Gasteiger partial charge in [-0.15, -0.1) is 0 Å². The molecule has 0 radical (unpaired) electrons. The first-order valence-corrected chi connectivity index (χ1v) is 11.4. The van der Waals surface area contributed by atoms with Crippen LogP contribution in [0.25, 0.3) is 0 Å². The summed E-state index contributed by atoms with van der Waals surface area (Å²) in [6, 6.07) is -2.76. The van der Waals surface area contributed by atoms with Gasteiger partial charge in [0.25, 0.3) is 0 Å². The Balaban J connectivity index is 1.70. The predicted molar refractivity (Wildman–Crippen MR) is 129 cm³/mol. The Morgan fingerprint density at radius 1 is 1.15 bits per heavy atom. The van der Waals surface area contributed by atoms with Crippen LogP contribution in [0.1, 0.15) is 19.8 Å². The van der Waals surface area contributed by atoms with Crippen molar-refractivity contribution in [2.45, 2.75) is 50.0 Å². The summed E-state index contributed by atoms with van der Waals surface area (Å²) < 4.78 is 0. The average molecular weight is 469 g/mol. The van der Waals surface area contributed by atoms with Crippen LogP contribution in [0, 0.1) is 0 Å². The van der Waals surface area contributed by atoms with Crippen LogP contribution in [-0.2, 0) is 14.4 Å². The summed E-state index contributed by atoms with van der Waals surface area (Å²) in [4.78, 5) is 49.8. The summed E-state index contributed by atoms with van der Waals surface area (Å²) in [7, 11) is 1.47. The van der Waals surface area contributed by atoms with Gasteiger partial charge >= 0.3 is 6.03 Å². The number of hydrogen-bond acceptors (Lipinski definition) is 5. The lowest BCUT2D eigenvalue weighted by molar-refractivity contribution is -0.129. The maximum atomic E-state index is 13.2. The summed E-state index contributed by atoms with van der Waals surface area (Å²) >= 11 is 0. The van der Waals surface area contributed by atoms with Crippen molar-refractivity contribution in [2.75, 3.05) is 13.6 Å². The normalized spacial score (nSPS) is 27.3. The fourth-order valence-electron chi connectivity index (χ4n) is 3.85. The SMILES string of the molecule is CNC(=O)NC(CC1C=C2C=CC=CC2N1)C(=O)NC1C=CCCNC(=O)C=CC(C)NC1=O. The topological polar surface area (TPSA) is 140 Å². The number of carbonyl (C=O) groups is 4. The quantitative estimate of drug-likeness (QED) is 0.307. The van der Waals surface area contributed by atoms with Crippen LogP contribution < -0.4 is 31.9 Å². The molecule has 10 nitrogen and oxygen atoms in total. The zero-order chi connectivity index (χ0) is 24.5. The van der Waals surface area contributed by atoms with Crippen molar-refractivity contribution in [3.8, 4) is 0 Å². The second kappa shape index (κ2) is 12.0. The first-order valence-electron chi connectivity index (χ1n) is 11.4. The molecule has 2 heterocycles. The highest BCUT2D eigenvalue weighted by Crippen LogP contribution is 2.21. The molecule has 0 saturated carbocycles. The number of nitrogens with one attached hydrogen (secondary N) is 6. The molecule has 0 aromatic rings. The van der Waals surface area contributed by atoms with E-state index < -0.39 is 36.0 Å². The summed E-state index contributed by atoms with van der Waals surface area (Å²) in [6.07, 6.45) is 17.1. The third-order valence-electron chi connectivity index (χ3n) is 5.61. The molecule has 0 spiro atoms. The maximum absolute atomic E-state index is 13.2. The molecule has 5 unspecified atom stereocenters. The summed E-state index contributed by atoms with van der Waals surface area (Å²) in [5.41, 5.74) is 1.11. The molecular formula is C24H32N6O4. The van der Waals surface area contributed by atoms with Crippen molar-refractivity contribution >= 4 is 23.8 Å². The summed E-state index contributed by atoms with van der Waals surface area (Å²) in [5, 5.41) is 16.8. The monoisotopic (exact) mass is 468 g/mol. The molecule has 1 aliphatic carbocycles. The molecule has 0 bridgehead atoms.